The third-order valence-corrected chi connectivity index (χ3v) is 3.73. The molecule has 0 saturated carbocycles. The molecule has 2 aromatic rings. The van der Waals surface area contributed by atoms with Gasteiger partial charge in [0.1, 0.15) is 0 Å². The number of benzene rings is 2. The fraction of sp³-hybridized carbons (Fsp3) is 0. The van der Waals surface area contributed by atoms with Crippen LogP contribution in [0.2, 0.25) is 0 Å². The van der Waals surface area contributed by atoms with Crippen LogP contribution in [0.1, 0.15) is 11.1 Å². The lowest BCUT2D eigenvalue weighted by molar-refractivity contribution is 0.317. The highest BCUT2D eigenvalue weighted by molar-refractivity contribution is 7.99. The molecule has 0 aliphatic carbocycles. The fourth-order valence-corrected chi connectivity index (χ4v) is 2.63. The summed E-state index contributed by atoms with van der Waals surface area (Å²) in [5, 5.41) is 23.6. The van der Waals surface area contributed by atoms with Crippen molar-refractivity contribution in [2.24, 2.45) is 21.8 Å². The molecule has 0 fully saturated rings. The molecule has 0 heterocycles. The van der Waals surface area contributed by atoms with E-state index in [2.05, 4.69) is 10.3 Å². The van der Waals surface area contributed by atoms with Gasteiger partial charge in [-0.15, -0.1) is 0 Å². The van der Waals surface area contributed by atoms with E-state index in [0.29, 0.717) is 11.1 Å². The highest BCUT2D eigenvalue weighted by Gasteiger charge is 2.12. The maximum absolute atomic E-state index is 8.86. The predicted molar refractivity (Wildman–Crippen MR) is 82.0 cm³/mol. The first-order chi connectivity index (χ1) is 10.2. The van der Waals surface area contributed by atoms with Crippen LogP contribution in [0, 0.1) is 0 Å². The Morgan fingerprint density at radius 2 is 1.43 bits per heavy atom. The van der Waals surface area contributed by atoms with Gasteiger partial charge in [-0.1, -0.05) is 40.3 Å². The average molecular weight is 302 g/mol. The van der Waals surface area contributed by atoms with Crippen molar-refractivity contribution >= 4 is 23.4 Å². The van der Waals surface area contributed by atoms with E-state index in [1.165, 1.54) is 11.8 Å². The number of nitrogens with zero attached hydrogens (tertiary/aromatic N) is 2. The zero-order valence-corrected chi connectivity index (χ0v) is 11.8. The first kappa shape index (κ1) is 14.7. The van der Waals surface area contributed by atoms with Gasteiger partial charge in [0, 0.05) is 20.9 Å². The molecule has 0 aromatic heterocycles. The van der Waals surface area contributed by atoms with E-state index in [-0.39, 0.29) is 11.7 Å². The number of oxime groups is 2. The molecule has 7 heteroatoms. The normalized spacial score (nSPS) is 12.4. The lowest BCUT2D eigenvalue weighted by atomic mass is 10.1. The molecular formula is C14H14N4O2S. The Morgan fingerprint density at radius 1 is 0.810 bits per heavy atom. The van der Waals surface area contributed by atoms with Crippen LogP contribution in [-0.2, 0) is 0 Å². The van der Waals surface area contributed by atoms with Gasteiger partial charge in [-0.2, -0.15) is 0 Å². The van der Waals surface area contributed by atoms with Gasteiger partial charge in [0.05, 0.1) is 0 Å². The minimum absolute atomic E-state index is 0.104. The summed E-state index contributed by atoms with van der Waals surface area (Å²) in [7, 11) is 0. The summed E-state index contributed by atoms with van der Waals surface area (Å²) in [5.74, 6) is -0.208. The van der Waals surface area contributed by atoms with Crippen LogP contribution in [0.5, 0.6) is 0 Å². The number of amidine groups is 2. The van der Waals surface area contributed by atoms with Gasteiger partial charge >= 0.3 is 0 Å². The van der Waals surface area contributed by atoms with Gasteiger partial charge in [0.2, 0.25) is 0 Å². The maximum atomic E-state index is 8.86. The Balaban J connectivity index is 2.42. The smallest absolute Gasteiger partial charge is 0.170 e. The van der Waals surface area contributed by atoms with E-state index < -0.39 is 0 Å². The second-order valence-corrected chi connectivity index (χ2v) is 5.24. The quantitative estimate of drug-likeness (QED) is 0.298. The highest BCUT2D eigenvalue weighted by atomic mass is 32.2. The number of nitrogens with two attached hydrogens (primary N) is 2. The van der Waals surface area contributed by atoms with Crippen molar-refractivity contribution in [1.29, 1.82) is 0 Å². The van der Waals surface area contributed by atoms with Crippen LogP contribution in [0.15, 0.2) is 68.6 Å². The molecule has 2 aromatic carbocycles. The molecule has 0 radical (unpaired) electrons. The predicted octanol–water partition coefficient (Wildman–Crippen LogP) is 2.03. The summed E-state index contributed by atoms with van der Waals surface area (Å²) in [4.78, 5) is 1.94. The molecule has 0 unspecified atom stereocenters. The molecule has 2 rings (SSSR count). The molecular weight excluding hydrogens is 288 g/mol. The second-order valence-electron chi connectivity index (χ2n) is 4.09. The molecule has 0 aliphatic rings. The molecule has 6 nitrogen and oxygen atoms in total. The molecule has 0 atom stereocenters. The highest BCUT2D eigenvalue weighted by Crippen LogP contribution is 2.29. The van der Waals surface area contributed by atoms with Crippen molar-refractivity contribution < 1.29 is 10.4 Å². The number of rotatable bonds is 4. The van der Waals surface area contributed by atoms with Crippen LogP contribution in [-0.4, -0.2) is 22.1 Å². The topological polar surface area (TPSA) is 117 Å². The minimum atomic E-state index is -0.105. The average Bonchev–Trinajstić information content (AvgIpc) is 2.54. The summed E-state index contributed by atoms with van der Waals surface area (Å²) in [5.41, 5.74) is 12.0. The van der Waals surface area contributed by atoms with Gasteiger partial charge in [0.25, 0.3) is 0 Å². The van der Waals surface area contributed by atoms with Crippen LogP contribution < -0.4 is 11.5 Å². The zero-order valence-electron chi connectivity index (χ0n) is 11.0. The third-order valence-electron chi connectivity index (χ3n) is 2.74. The van der Waals surface area contributed by atoms with E-state index in [4.69, 9.17) is 21.9 Å². The number of hydrogen-bond acceptors (Lipinski definition) is 5. The molecule has 108 valence electrons. The van der Waals surface area contributed by atoms with Crippen molar-refractivity contribution in [2.45, 2.75) is 9.79 Å². The first-order valence-corrected chi connectivity index (χ1v) is 6.80. The van der Waals surface area contributed by atoms with Gasteiger partial charge < -0.3 is 21.9 Å². The molecule has 6 N–H and O–H groups in total. The van der Waals surface area contributed by atoms with E-state index >= 15 is 0 Å². The fourth-order valence-electron chi connectivity index (χ4n) is 1.75. The molecule has 0 bridgehead atoms. The first-order valence-electron chi connectivity index (χ1n) is 5.98. The monoisotopic (exact) mass is 302 g/mol. The molecule has 0 aliphatic heterocycles. The summed E-state index contributed by atoms with van der Waals surface area (Å²) in [6.07, 6.45) is 0. The Bertz CT molecular complexity index is 687. The van der Waals surface area contributed by atoms with E-state index in [9.17, 15) is 0 Å². The SMILES string of the molecule is NC(=NO)c1ccc(Sc2ccccc2)cc1C(N)=NO. The maximum Gasteiger partial charge on any atom is 0.170 e. The van der Waals surface area contributed by atoms with E-state index in [0.717, 1.165) is 9.79 Å². The summed E-state index contributed by atoms with van der Waals surface area (Å²) >= 11 is 1.52. The second kappa shape index (κ2) is 6.67. The van der Waals surface area contributed by atoms with Crippen molar-refractivity contribution in [1.82, 2.24) is 0 Å². The van der Waals surface area contributed by atoms with Crippen LogP contribution in [0.3, 0.4) is 0 Å². The van der Waals surface area contributed by atoms with Gasteiger partial charge in [-0.3, -0.25) is 0 Å². The van der Waals surface area contributed by atoms with E-state index in [1.54, 1.807) is 12.1 Å². The zero-order chi connectivity index (χ0) is 15.2. The lowest BCUT2D eigenvalue weighted by Gasteiger charge is -2.09. The van der Waals surface area contributed by atoms with Crippen LogP contribution in [0.4, 0.5) is 0 Å². The van der Waals surface area contributed by atoms with Crippen molar-refractivity contribution in [3.05, 3.63) is 59.7 Å². The molecule has 0 saturated heterocycles. The van der Waals surface area contributed by atoms with Crippen LogP contribution in [0.25, 0.3) is 0 Å². The Hall–Kier alpha value is -2.67. The van der Waals surface area contributed by atoms with Crippen molar-refractivity contribution in [3.8, 4) is 0 Å². The Labute approximate surface area is 125 Å². The van der Waals surface area contributed by atoms with Gasteiger partial charge in [0.15, 0.2) is 11.7 Å². The largest absolute Gasteiger partial charge is 0.409 e. The number of hydrogen-bond donors (Lipinski definition) is 4. The minimum Gasteiger partial charge on any atom is -0.409 e. The Morgan fingerprint density at radius 3 is 2.05 bits per heavy atom. The van der Waals surface area contributed by atoms with Gasteiger partial charge in [-0.25, -0.2) is 0 Å². The molecule has 0 spiro atoms. The summed E-state index contributed by atoms with van der Waals surface area (Å²) < 4.78 is 0. The van der Waals surface area contributed by atoms with E-state index in [1.807, 2.05) is 36.4 Å². The summed E-state index contributed by atoms with van der Waals surface area (Å²) in [6, 6.07) is 15.0. The Kier molecular flexibility index (Phi) is 4.68. The van der Waals surface area contributed by atoms with Crippen molar-refractivity contribution in [3.63, 3.8) is 0 Å². The standard InChI is InChI=1S/C14H14N4O2S/c15-13(17-19)11-7-6-10(8-12(11)14(16)18-20)21-9-4-2-1-3-5-9/h1-8,19-20H,(H2,15,17)(H2,16,18). The third kappa shape index (κ3) is 3.46. The van der Waals surface area contributed by atoms with Crippen LogP contribution >= 0.6 is 11.8 Å². The van der Waals surface area contributed by atoms with Gasteiger partial charge in [-0.05, 0) is 30.3 Å². The summed E-state index contributed by atoms with van der Waals surface area (Å²) in [6.45, 7) is 0. The van der Waals surface area contributed by atoms with Crippen molar-refractivity contribution in [2.75, 3.05) is 0 Å². The molecule has 0 amide bonds. The lowest BCUT2D eigenvalue weighted by Crippen LogP contribution is -2.22. The molecule has 21 heavy (non-hydrogen) atoms.